The van der Waals surface area contributed by atoms with Crippen molar-refractivity contribution in [2.45, 2.75) is 40.2 Å². The fraction of sp³-hybridized carbons (Fsp3) is 0.600. The van der Waals surface area contributed by atoms with Gasteiger partial charge in [0, 0.05) is 6.04 Å². The van der Waals surface area contributed by atoms with E-state index in [4.69, 9.17) is 10.5 Å². The maximum absolute atomic E-state index is 6.25. The Kier molecular flexibility index (Phi) is 5.49. The molecule has 0 spiro atoms. The van der Waals surface area contributed by atoms with Crippen LogP contribution in [0.15, 0.2) is 24.3 Å². The van der Waals surface area contributed by atoms with Gasteiger partial charge in [-0.25, -0.2) is 0 Å². The van der Waals surface area contributed by atoms with Gasteiger partial charge in [-0.2, -0.15) is 0 Å². The topological polar surface area (TPSA) is 35.2 Å². The van der Waals surface area contributed by atoms with Crippen molar-refractivity contribution in [2.75, 3.05) is 6.61 Å². The van der Waals surface area contributed by atoms with Crippen LogP contribution in [0.5, 0.6) is 5.75 Å². The van der Waals surface area contributed by atoms with Gasteiger partial charge in [-0.15, -0.1) is 0 Å². The quantitative estimate of drug-likeness (QED) is 0.814. The molecule has 0 heterocycles. The van der Waals surface area contributed by atoms with Gasteiger partial charge in [0.25, 0.3) is 0 Å². The van der Waals surface area contributed by atoms with Crippen molar-refractivity contribution < 1.29 is 4.74 Å². The molecule has 0 fully saturated rings. The summed E-state index contributed by atoms with van der Waals surface area (Å²) in [6, 6.07) is 8.29. The van der Waals surface area contributed by atoms with Crippen LogP contribution in [0.1, 0.15) is 45.7 Å². The summed E-state index contributed by atoms with van der Waals surface area (Å²) in [7, 11) is 0. The van der Waals surface area contributed by atoms with Crippen molar-refractivity contribution in [3.63, 3.8) is 0 Å². The summed E-state index contributed by atoms with van der Waals surface area (Å²) in [5, 5.41) is 0. The highest BCUT2D eigenvalue weighted by molar-refractivity contribution is 5.29. The van der Waals surface area contributed by atoms with Crippen molar-refractivity contribution in [1.29, 1.82) is 0 Å². The molecule has 0 amide bonds. The molecule has 0 aliphatic rings. The smallest absolute Gasteiger partial charge is 0.119 e. The van der Waals surface area contributed by atoms with Crippen LogP contribution in [-0.2, 0) is 0 Å². The highest BCUT2D eigenvalue weighted by atomic mass is 16.5. The first-order valence-electron chi connectivity index (χ1n) is 6.54. The number of benzene rings is 1. The summed E-state index contributed by atoms with van der Waals surface area (Å²) in [6.07, 6.45) is 1.03. The van der Waals surface area contributed by atoms with E-state index in [2.05, 4.69) is 39.8 Å². The predicted molar refractivity (Wildman–Crippen MR) is 73.2 cm³/mol. The molecule has 0 saturated carbocycles. The summed E-state index contributed by atoms with van der Waals surface area (Å²) in [5.74, 6) is 2.01. The van der Waals surface area contributed by atoms with E-state index in [-0.39, 0.29) is 6.04 Å². The molecule has 17 heavy (non-hydrogen) atoms. The first kappa shape index (κ1) is 14.0. The van der Waals surface area contributed by atoms with Crippen molar-refractivity contribution in [2.24, 2.45) is 17.6 Å². The number of rotatable bonds is 6. The lowest BCUT2D eigenvalue weighted by Crippen LogP contribution is -2.22. The Labute approximate surface area is 105 Å². The number of nitrogens with two attached hydrogens (primary N) is 1. The van der Waals surface area contributed by atoms with E-state index in [0.717, 1.165) is 18.8 Å². The molecule has 2 N–H and O–H groups in total. The van der Waals surface area contributed by atoms with Crippen molar-refractivity contribution in [3.05, 3.63) is 29.8 Å². The molecule has 96 valence electrons. The van der Waals surface area contributed by atoms with Crippen LogP contribution in [0, 0.1) is 11.8 Å². The lowest BCUT2D eigenvalue weighted by Gasteiger charge is -2.23. The minimum absolute atomic E-state index is 0.107. The second-order valence-electron chi connectivity index (χ2n) is 5.05. The van der Waals surface area contributed by atoms with Gasteiger partial charge < -0.3 is 10.5 Å². The van der Waals surface area contributed by atoms with Gasteiger partial charge in [0.05, 0.1) is 6.61 Å². The minimum Gasteiger partial charge on any atom is -0.494 e. The van der Waals surface area contributed by atoms with E-state index < -0.39 is 0 Å². The molecule has 0 saturated heterocycles. The molecule has 1 rings (SSSR count). The van der Waals surface area contributed by atoms with E-state index >= 15 is 0 Å². The first-order valence-corrected chi connectivity index (χ1v) is 6.54. The molecule has 2 nitrogen and oxygen atoms in total. The average molecular weight is 235 g/mol. The molecular weight excluding hydrogens is 210 g/mol. The molecule has 1 aromatic carbocycles. The maximum atomic E-state index is 6.25. The summed E-state index contributed by atoms with van der Waals surface area (Å²) >= 11 is 0. The Morgan fingerprint density at radius 3 is 2.18 bits per heavy atom. The zero-order valence-electron chi connectivity index (χ0n) is 11.4. The molecule has 0 bridgehead atoms. The third-order valence-electron chi connectivity index (χ3n) is 3.36. The van der Waals surface area contributed by atoms with Crippen molar-refractivity contribution in [3.8, 4) is 5.75 Å². The highest BCUT2D eigenvalue weighted by Gasteiger charge is 2.17. The summed E-state index contributed by atoms with van der Waals surface area (Å²) in [5.41, 5.74) is 7.44. The maximum Gasteiger partial charge on any atom is 0.119 e. The van der Waals surface area contributed by atoms with Crippen LogP contribution in [0.3, 0.4) is 0 Å². The van der Waals surface area contributed by atoms with Crippen molar-refractivity contribution in [1.82, 2.24) is 0 Å². The summed E-state index contributed by atoms with van der Waals surface area (Å²) < 4.78 is 5.56. The van der Waals surface area contributed by atoms with Crippen molar-refractivity contribution >= 4 is 0 Å². The molecule has 1 aromatic rings. The Morgan fingerprint density at radius 2 is 1.71 bits per heavy atom. The molecule has 0 aliphatic heterocycles. The predicted octanol–water partition coefficient (Wildman–Crippen LogP) is 3.77. The summed E-state index contributed by atoms with van der Waals surface area (Å²) in [4.78, 5) is 0. The third-order valence-corrected chi connectivity index (χ3v) is 3.36. The fourth-order valence-electron chi connectivity index (χ4n) is 1.72. The van der Waals surface area contributed by atoms with Gasteiger partial charge in [0.1, 0.15) is 5.75 Å². The molecule has 0 aliphatic carbocycles. The Hall–Kier alpha value is -1.02. The Bertz CT molecular complexity index is 318. The standard InChI is InChI=1S/C15H25NO/c1-5-10-17-14-8-6-13(7-9-14)15(16)12(4)11(2)3/h6-9,11-12,15H,5,10,16H2,1-4H3. The van der Waals surface area contributed by atoms with Gasteiger partial charge in [-0.3, -0.25) is 0 Å². The van der Waals surface area contributed by atoms with Crippen LogP contribution < -0.4 is 10.5 Å². The van der Waals surface area contributed by atoms with Crippen LogP contribution in [0.4, 0.5) is 0 Å². The van der Waals surface area contributed by atoms with Gasteiger partial charge in [0.2, 0.25) is 0 Å². The van der Waals surface area contributed by atoms with Gasteiger partial charge in [0.15, 0.2) is 0 Å². The third kappa shape index (κ3) is 4.04. The minimum atomic E-state index is 0.107. The second kappa shape index (κ2) is 6.65. The number of hydrogen-bond acceptors (Lipinski definition) is 2. The second-order valence-corrected chi connectivity index (χ2v) is 5.05. The van der Waals surface area contributed by atoms with E-state index in [9.17, 15) is 0 Å². The van der Waals surface area contributed by atoms with Gasteiger partial charge in [-0.05, 0) is 36.0 Å². The van der Waals surface area contributed by atoms with Gasteiger partial charge in [-0.1, -0.05) is 39.8 Å². The molecule has 0 aromatic heterocycles. The van der Waals surface area contributed by atoms with E-state index in [1.807, 2.05) is 12.1 Å². The van der Waals surface area contributed by atoms with Crippen LogP contribution in [0.2, 0.25) is 0 Å². The van der Waals surface area contributed by atoms with Crippen LogP contribution >= 0.6 is 0 Å². The molecule has 2 heteroatoms. The Balaban J connectivity index is 2.66. The Morgan fingerprint density at radius 1 is 1.12 bits per heavy atom. The molecule has 0 radical (unpaired) electrons. The highest BCUT2D eigenvalue weighted by Crippen LogP contribution is 2.26. The monoisotopic (exact) mass is 235 g/mol. The molecule has 2 atom stereocenters. The zero-order valence-corrected chi connectivity index (χ0v) is 11.4. The van der Waals surface area contributed by atoms with E-state index in [0.29, 0.717) is 11.8 Å². The van der Waals surface area contributed by atoms with Crippen LogP contribution in [-0.4, -0.2) is 6.61 Å². The van der Waals surface area contributed by atoms with Gasteiger partial charge >= 0.3 is 0 Å². The first-order chi connectivity index (χ1) is 8.06. The lowest BCUT2D eigenvalue weighted by molar-refractivity contribution is 0.316. The number of hydrogen-bond donors (Lipinski definition) is 1. The number of ether oxygens (including phenoxy) is 1. The largest absolute Gasteiger partial charge is 0.494 e. The molecular formula is C15H25NO. The normalized spacial score (nSPS) is 14.7. The average Bonchev–Trinajstić information content (AvgIpc) is 2.35. The van der Waals surface area contributed by atoms with E-state index in [1.54, 1.807) is 0 Å². The summed E-state index contributed by atoms with van der Waals surface area (Å²) in [6.45, 7) is 9.51. The fourth-order valence-corrected chi connectivity index (χ4v) is 1.72. The van der Waals surface area contributed by atoms with Crippen LogP contribution in [0.25, 0.3) is 0 Å². The van der Waals surface area contributed by atoms with E-state index in [1.165, 1.54) is 5.56 Å². The lowest BCUT2D eigenvalue weighted by atomic mass is 9.87. The SMILES string of the molecule is CCCOc1ccc(C(N)C(C)C(C)C)cc1. The zero-order chi connectivity index (χ0) is 12.8. The molecule has 2 unspecified atom stereocenters.